The molecule has 0 unspecified atom stereocenters. The van der Waals surface area contributed by atoms with Crippen LogP contribution in [0.2, 0.25) is 0 Å². The first-order chi connectivity index (χ1) is 26.5. The van der Waals surface area contributed by atoms with Gasteiger partial charge in [0.15, 0.2) is 0 Å². The van der Waals surface area contributed by atoms with Gasteiger partial charge in [0.05, 0.1) is 43.9 Å². The van der Waals surface area contributed by atoms with E-state index in [0.29, 0.717) is 11.1 Å². The Labute approximate surface area is 402 Å². The van der Waals surface area contributed by atoms with Crippen LogP contribution in [0.3, 0.4) is 0 Å². The van der Waals surface area contributed by atoms with Gasteiger partial charge in [-0.15, -0.1) is 25.6 Å². The molecule has 0 aromatic heterocycles. The molecule has 282 valence electrons. The van der Waals surface area contributed by atoms with Gasteiger partial charge < -0.3 is 19.9 Å². The summed E-state index contributed by atoms with van der Waals surface area (Å²) in [5.74, 6) is -0.927. The van der Waals surface area contributed by atoms with E-state index in [1.807, 2.05) is 0 Å². The molecule has 3 N–H and O–H groups in total. The monoisotopic (exact) mass is 877 g/mol. The Kier molecular flexibility index (Phi) is 15.5. The molecule has 0 heterocycles. The quantitative estimate of drug-likeness (QED) is 0.0777. The number of hydrogen-bond acceptors (Lipinski definition) is 16. The van der Waals surface area contributed by atoms with E-state index >= 15 is 0 Å². The van der Waals surface area contributed by atoms with E-state index in [2.05, 4.69) is 30.7 Å². The molecule has 0 amide bonds. The predicted octanol–water partition coefficient (Wildman–Crippen LogP) is -0.885. The molecule has 7 rings (SSSR count). The van der Waals surface area contributed by atoms with E-state index in [1.165, 1.54) is 54.6 Å². The molecule has 7 aromatic carbocycles. The van der Waals surface area contributed by atoms with E-state index in [-0.39, 0.29) is 144 Å². The van der Waals surface area contributed by atoms with Crippen LogP contribution in [0.5, 0.6) is 5.75 Å². The summed E-state index contributed by atoms with van der Waals surface area (Å²) in [7, 11) is -14.9. The zero-order valence-corrected chi connectivity index (χ0v) is 39.5. The van der Waals surface area contributed by atoms with Crippen molar-refractivity contribution in [2.24, 2.45) is 30.7 Å². The van der Waals surface area contributed by atoms with Crippen molar-refractivity contribution >= 4 is 102 Å². The number of anilines is 1. The van der Waals surface area contributed by atoms with Gasteiger partial charge in [-0.25, -0.2) is 16.8 Å². The van der Waals surface area contributed by atoms with Crippen molar-refractivity contribution in [3.63, 3.8) is 0 Å². The van der Waals surface area contributed by atoms with Crippen LogP contribution in [-0.2, 0) is 30.4 Å². The van der Waals surface area contributed by atoms with Gasteiger partial charge in [0.2, 0.25) is 0 Å². The van der Waals surface area contributed by atoms with Crippen LogP contribution in [0.4, 0.5) is 39.8 Å². The fraction of sp³-hybridized carbons (Fsp3) is 0. The summed E-state index contributed by atoms with van der Waals surface area (Å²) in [5.41, 5.74) is 6.14. The van der Waals surface area contributed by atoms with Crippen LogP contribution in [0, 0.1) is 0 Å². The van der Waals surface area contributed by atoms with Gasteiger partial charge in [-0.1, -0.05) is 42.1 Å². The second-order valence-electron chi connectivity index (χ2n) is 12.0. The molecule has 0 radical (unpaired) electrons. The molecule has 0 saturated heterocycles. The minimum atomic E-state index is -5.00. The Morgan fingerprint density at radius 2 is 0.949 bits per heavy atom. The fourth-order valence-corrected chi connectivity index (χ4v) is 7.35. The summed E-state index contributed by atoms with van der Waals surface area (Å²) < 4.78 is 106. The molecule has 0 saturated carbocycles. The summed E-state index contributed by atoms with van der Waals surface area (Å²) in [6.07, 6.45) is 0. The van der Waals surface area contributed by atoms with Gasteiger partial charge in [0.25, 0.3) is 10.1 Å². The van der Waals surface area contributed by atoms with Crippen LogP contribution in [0.25, 0.3) is 32.3 Å². The number of fused-ring (bicyclic) bond motifs is 3. The first kappa shape index (κ1) is 48.1. The molecule has 0 aliphatic carbocycles. The zero-order chi connectivity index (χ0) is 40.0. The van der Waals surface area contributed by atoms with Crippen molar-refractivity contribution in [2.75, 3.05) is 5.73 Å². The summed E-state index contributed by atoms with van der Waals surface area (Å²) in [5, 5.41) is 39.2. The summed E-state index contributed by atoms with van der Waals surface area (Å²) in [6, 6.07) is 26.4. The summed E-state index contributed by atoms with van der Waals surface area (Å²) in [4.78, 5) is -2.02. The second kappa shape index (κ2) is 19.0. The van der Waals surface area contributed by atoms with Crippen molar-refractivity contribution in [3.05, 3.63) is 115 Å². The number of hydrogen-bond donors (Lipinski definition) is 2. The maximum atomic E-state index is 13.4. The molecule has 0 fully saturated rings. The minimum Gasteiger partial charge on any atom is -0.871 e. The van der Waals surface area contributed by atoms with Gasteiger partial charge in [-0.05, 0) is 89.6 Å². The van der Waals surface area contributed by atoms with E-state index in [0.717, 1.165) is 30.3 Å². The van der Waals surface area contributed by atoms with Crippen LogP contribution < -0.4 is 99.5 Å². The third kappa shape index (κ3) is 10.7. The molecule has 7 aromatic rings. The van der Waals surface area contributed by atoms with Crippen LogP contribution in [-0.4, -0.2) is 38.9 Å². The zero-order valence-electron chi connectivity index (χ0n) is 31.1. The van der Waals surface area contributed by atoms with Gasteiger partial charge in [0, 0.05) is 27.2 Å². The largest absolute Gasteiger partial charge is 1.00 e. The Bertz CT molecular complexity index is 3210. The van der Waals surface area contributed by atoms with Gasteiger partial charge in [-0.2, -0.15) is 13.5 Å². The smallest absolute Gasteiger partial charge is 0.871 e. The van der Waals surface area contributed by atoms with Crippen molar-refractivity contribution in [2.45, 2.75) is 14.7 Å². The number of nitrogens with two attached hydrogens (primary N) is 1. The third-order valence-electron chi connectivity index (χ3n) is 8.35. The Morgan fingerprint density at radius 1 is 0.492 bits per heavy atom. The third-order valence-corrected chi connectivity index (χ3v) is 10.9. The molecule has 0 bridgehead atoms. The van der Waals surface area contributed by atoms with Gasteiger partial charge in [-0.3, -0.25) is 4.55 Å². The number of nitrogens with zero attached hydrogens (tertiary/aromatic N) is 6. The van der Waals surface area contributed by atoms with Crippen molar-refractivity contribution in [1.29, 1.82) is 0 Å². The predicted molar refractivity (Wildman–Crippen MR) is 200 cm³/mol. The molecule has 23 heteroatoms. The molecule has 0 spiro atoms. The first-order valence-corrected chi connectivity index (χ1v) is 20.1. The Hall–Kier alpha value is -3.55. The number of rotatable bonds is 9. The number of benzene rings is 7. The van der Waals surface area contributed by atoms with Crippen LogP contribution in [0.1, 0.15) is 0 Å². The molecular weight excluding hydrogens is 856 g/mol. The Balaban J connectivity index is 0.00000256. The molecule has 0 aliphatic rings. The molecule has 59 heavy (non-hydrogen) atoms. The van der Waals surface area contributed by atoms with E-state index in [4.69, 9.17) is 5.73 Å². The van der Waals surface area contributed by atoms with Crippen molar-refractivity contribution in [3.8, 4) is 5.75 Å². The standard InChI is InChI=1S/C36H25N7O10S3.3Na/c37-21-7-6-20-16-34(56(51,52)53)35(36(44)27(20)17-21)43-42-33-15-13-31(26-11-9-24(19-29(26)33)55(48,49)50)41-40-30-12-14-32(39-38-22-4-2-1-3-5-22)28-18-23(54(45,46)47)8-10-25(28)30;;;/h1-19,44H,37H2,(H,45,46,47)(H,48,49,50)(H,51,52,53);;;/q;3*+1/p-3. The maximum Gasteiger partial charge on any atom is 1.00 e. The molecular formula is C36H22N7Na3O10S3. The van der Waals surface area contributed by atoms with Gasteiger partial charge in [0.1, 0.15) is 25.1 Å². The second-order valence-corrected chi connectivity index (χ2v) is 16.1. The fourth-order valence-electron chi connectivity index (χ4n) is 5.71. The number of azo groups is 3. The van der Waals surface area contributed by atoms with E-state index < -0.39 is 56.5 Å². The van der Waals surface area contributed by atoms with Crippen LogP contribution in [0.15, 0.2) is 161 Å². The summed E-state index contributed by atoms with van der Waals surface area (Å²) >= 11 is 0. The van der Waals surface area contributed by atoms with Crippen LogP contribution >= 0.6 is 0 Å². The van der Waals surface area contributed by atoms with Crippen molar-refractivity contribution in [1.82, 2.24) is 0 Å². The topological polar surface area (TPSA) is 292 Å². The van der Waals surface area contributed by atoms with E-state index in [1.54, 1.807) is 30.3 Å². The molecule has 17 nitrogen and oxygen atoms in total. The normalized spacial score (nSPS) is 12.3. The summed E-state index contributed by atoms with van der Waals surface area (Å²) in [6.45, 7) is 0. The minimum absolute atomic E-state index is 0. The first-order valence-electron chi connectivity index (χ1n) is 15.8. The molecule has 0 aliphatic heterocycles. The average molecular weight is 878 g/mol. The molecule has 0 atom stereocenters. The number of nitrogen functional groups attached to an aromatic ring is 1. The van der Waals surface area contributed by atoms with E-state index in [9.17, 15) is 44.0 Å². The van der Waals surface area contributed by atoms with Crippen molar-refractivity contribution < 1.29 is 133 Å². The maximum absolute atomic E-state index is 13.4. The van der Waals surface area contributed by atoms with Gasteiger partial charge >= 0.3 is 88.7 Å². The average Bonchev–Trinajstić information content (AvgIpc) is 3.15. The Morgan fingerprint density at radius 3 is 1.42 bits per heavy atom. The SMILES string of the molecule is Nc1ccc2cc(S(=O)(=O)O)c(N=Nc3ccc(N=Nc4ccc(N=Nc5ccccc5)c5cc(S(=O)(=O)[O-])ccc45)c4ccc(S(=O)(=O)[O-])cc34)c([O-])c2c1.[Na+].[Na+].[Na+].